The lowest BCUT2D eigenvalue weighted by atomic mass is 10.1. The Morgan fingerprint density at radius 3 is 2.85 bits per heavy atom. The molecule has 174 valence electrons. The zero-order chi connectivity index (χ0) is 23.4. The van der Waals surface area contributed by atoms with Gasteiger partial charge in [0.15, 0.2) is 5.16 Å². The molecule has 0 radical (unpaired) electrons. The molecule has 0 amide bonds. The smallest absolute Gasteiger partial charge is 0.341 e. The SMILES string of the molecule is CCOC(=O)c1ccoc1CSc1nc2cc(C(=O)OC)ccc2c(=O)n1CC1CCCO1. The van der Waals surface area contributed by atoms with E-state index in [1.165, 1.54) is 25.1 Å². The molecule has 33 heavy (non-hydrogen) atoms. The molecule has 1 saturated heterocycles. The first kappa shape index (κ1) is 23.1. The number of nitrogens with zero attached hydrogens (tertiary/aromatic N) is 2. The van der Waals surface area contributed by atoms with E-state index in [4.69, 9.17) is 18.6 Å². The van der Waals surface area contributed by atoms with Gasteiger partial charge in [0.2, 0.25) is 0 Å². The predicted molar refractivity (Wildman–Crippen MR) is 121 cm³/mol. The summed E-state index contributed by atoms with van der Waals surface area (Å²) in [6.07, 6.45) is 3.16. The second kappa shape index (κ2) is 10.2. The van der Waals surface area contributed by atoms with Gasteiger partial charge in [0.1, 0.15) is 11.3 Å². The van der Waals surface area contributed by atoms with Crippen LogP contribution >= 0.6 is 11.8 Å². The summed E-state index contributed by atoms with van der Waals surface area (Å²) >= 11 is 1.27. The second-order valence-corrected chi connectivity index (χ2v) is 8.38. The van der Waals surface area contributed by atoms with Gasteiger partial charge in [-0.1, -0.05) is 11.8 Å². The molecule has 0 spiro atoms. The predicted octanol–water partition coefficient (Wildman–Crippen LogP) is 3.42. The molecule has 9 nitrogen and oxygen atoms in total. The van der Waals surface area contributed by atoms with E-state index in [0.29, 0.717) is 46.1 Å². The van der Waals surface area contributed by atoms with E-state index in [0.717, 1.165) is 12.8 Å². The van der Waals surface area contributed by atoms with Crippen molar-refractivity contribution in [3.63, 3.8) is 0 Å². The summed E-state index contributed by atoms with van der Waals surface area (Å²) in [6.45, 7) is 3.02. The van der Waals surface area contributed by atoms with Crippen LogP contribution in [-0.4, -0.2) is 47.9 Å². The Labute approximate surface area is 194 Å². The van der Waals surface area contributed by atoms with E-state index in [1.54, 1.807) is 35.8 Å². The van der Waals surface area contributed by atoms with Crippen LogP contribution < -0.4 is 5.56 Å². The Balaban J connectivity index is 1.71. The molecule has 1 aromatic carbocycles. The summed E-state index contributed by atoms with van der Waals surface area (Å²) < 4.78 is 22.7. The van der Waals surface area contributed by atoms with Crippen LogP contribution in [-0.2, 0) is 26.5 Å². The zero-order valence-corrected chi connectivity index (χ0v) is 19.2. The Morgan fingerprint density at radius 2 is 2.12 bits per heavy atom. The van der Waals surface area contributed by atoms with Crippen LogP contribution in [0, 0.1) is 0 Å². The fourth-order valence-corrected chi connectivity index (χ4v) is 4.64. The molecule has 0 aliphatic carbocycles. The Hall–Kier alpha value is -3.11. The van der Waals surface area contributed by atoms with Gasteiger partial charge < -0.3 is 18.6 Å². The molecule has 3 aromatic rings. The molecule has 10 heteroatoms. The molecule has 1 aliphatic rings. The monoisotopic (exact) mass is 472 g/mol. The van der Waals surface area contributed by atoms with Crippen LogP contribution in [0.2, 0.25) is 0 Å². The van der Waals surface area contributed by atoms with Crippen LogP contribution in [0.1, 0.15) is 46.2 Å². The summed E-state index contributed by atoms with van der Waals surface area (Å²) in [5, 5.41) is 0.839. The normalized spacial score (nSPS) is 15.6. The molecule has 0 N–H and O–H groups in total. The number of furan rings is 1. The van der Waals surface area contributed by atoms with Crippen molar-refractivity contribution in [2.24, 2.45) is 0 Å². The van der Waals surface area contributed by atoms with Crippen molar-refractivity contribution in [2.45, 2.75) is 43.3 Å². The van der Waals surface area contributed by atoms with E-state index in [-0.39, 0.29) is 24.0 Å². The average molecular weight is 473 g/mol. The van der Waals surface area contributed by atoms with Gasteiger partial charge in [-0.3, -0.25) is 9.36 Å². The van der Waals surface area contributed by atoms with Crippen LogP contribution in [0.15, 0.2) is 44.9 Å². The van der Waals surface area contributed by atoms with Crippen molar-refractivity contribution in [1.29, 1.82) is 0 Å². The summed E-state index contributed by atoms with van der Waals surface area (Å²) in [5.41, 5.74) is 0.810. The number of rotatable bonds is 8. The fraction of sp³-hybridized carbons (Fsp3) is 0.391. The van der Waals surface area contributed by atoms with E-state index in [9.17, 15) is 14.4 Å². The minimum absolute atomic E-state index is 0.0747. The number of ether oxygens (including phenoxy) is 3. The van der Waals surface area contributed by atoms with E-state index >= 15 is 0 Å². The number of thioether (sulfide) groups is 1. The van der Waals surface area contributed by atoms with Gasteiger partial charge in [0.25, 0.3) is 5.56 Å². The molecule has 1 aliphatic heterocycles. The first-order valence-corrected chi connectivity index (χ1v) is 11.6. The Bertz CT molecular complexity index is 1230. The summed E-state index contributed by atoms with van der Waals surface area (Å²) in [4.78, 5) is 42.1. The molecule has 0 bridgehead atoms. The van der Waals surface area contributed by atoms with Gasteiger partial charge >= 0.3 is 11.9 Å². The maximum atomic E-state index is 13.3. The van der Waals surface area contributed by atoms with Crippen LogP contribution in [0.3, 0.4) is 0 Å². The first-order valence-electron chi connectivity index (χ1n) is 10.6. The van der Waals surface area contributed by atoms with Crippen LogP contribution in [0.5, 0.6) is 0 Å². The largest absolute Gasteiger partial charge is 0.468 e. The minimum atomic E-state index is -0.508. The number of aromatic nitrogens is 2. The fourth-order valence-electron chi connectivity index (χ4n) is 3.68. The lowest BCUT2D eigenvalue weighted by Crippen LogP contribution is -2.29. The topological polar surface area (TPSA) is 110 Å². The van der Waals surface area contributed by atoms with Crippen molar-refractivity contribution in [3.05, 3.63) is 57.8 Å². The second-order valence-electron chi connectivity index (χ2n) is 7.44. The number of esters is 2. The molecule has 0 saturated carbocycles. The molecular weight excluding hydrogens is 448 g/mol. The molecule has 1 unspecified atom stereocenters. The lowest BCUT2D eigenvalue weighted by molar-refractivity contribution is 0.0523. The minimum Gasteiger partial charge on any atom is -0.468 e. The summed E-state index contributed by atoms with van der Waals surface area (Å²) in [7, 11) is 1.30. The van der Waals surface area contributed by atoms with Gasteiger partial charge in [-0.15, -0.1) is 0 Å². The van der Waals surface area contributed by atoms with Crippen LogP contribution in [0.4, 0.5) is 0 Å². The maximum absolute atomic E-state index is 13.3. The highest BCUT2D eigenvalue weighted by Gasteiger charge is 2.22. The number of carbonyl (C=O) groups is 2. The van der Waals surface area contributed by atoms with Crippen molar-refractivity contribution in [1.82, 2.24) is 9.55 Å². The number of hydrogen-bond acceptors (Lipinski definition) is 9. The van der Waals surface area contributed by atoms with Crippen molar-refractivity contribution in [2.75, 3.05) is 20.3 Å². The maximum Gasteiger partial charge on any atom is 0.341 e. The molecule has 1 fully saturated rings. The number of hydrogen-bond donors (Lipinski definition) is 0. The van der Waals surface area contributed by atoms with Gasteiger partial charge in [-0.25, -0.2) is 14.6 Å². The summed E-state index contributed by atoms with van der Waals surface area (Å²) in [5.74, 6) is -0.278. The molecule has 3 heterocycles. The van der Waals surface area contributed by atoms with Crippen molar-refractivity contribution in [3.8, 4) is 0 Å². The summed E-state index contributed by atoms with van der Waals surface area (Å²) in [6, 6.07) is 6.24. The van der Waals surface area contributed by atoms with E-state index in [1.807, 2.05) is 0 Å². The van der Waals surface area contributed by atoms with Crippen LogP contribution in [0.25, 0.3) is 10.9 Å². The first-order chi connectivity index (χ1) is 16.0. The average Bonchev–Trinajstić information content (AvgIpc) is 3.51. The molecule has 1 atom stereocenters. The van der Waals surface area contributed by atoms with Gasteiger partial charge in [0, 0.05) is 6.61 Å². The number of methoxy groups -OCH3 is 1. The Kier molecular flexibility index (Phi) is 7.14. The highest BCUT2D eigenvalue weighted by molar-refractivity contribution is 7.98. The van der Waals surface area contributed by atoms with Gasteiger partial charge in [-0.05, 0) is 44.0 Å². The lowest BCUT2D eigenvalue weighted by Gasteiger charge is -2.16. The van der Waals surface area contributed by atoms with E-state index < -0.39 is 11.9 Å². The van der Waals surface area contributed by atoms with Crippen molar-refractivity contribution >= 4 is 34.6 Å². The quantitative estimate of drug-likeness (QED) is 0.277. The third kappa shape index (κ3) is 4.96. The van der Waals surface area contributed by atoms with Gasteiger partial charge in [-0.2, -0.15) is 0 Å². The van der Waals surface area contributed by atoms with E-state index in [2.05, 4.69) is 4.98 Å². The molecular formula is C23H24N2O7S. The molecule has 2 aromatic heterocycles. The molecule has 4 rings (SSSR count). The standard InChI is InChI=1S/C23H24N2O7S/c1-3-30-22(28)17-8-10-32-19(17)13-33-23-24-18-11-14(21(27)29-2)6-7-16(18)20(26)25(23)12-15-5-4-9-31-15/h6-8,10-11,15H,3-5,9,12-13H2,1-2H3. The Morgan fingerprint density at radius 1 is 1.27 bits per heavy atom. The highest BCUT2D eigenvalue weighted by atomic mass is 32.2. The van der Waals surface area contributed by atoms with Gasteiger partial charge in [0.05, 0.1) is 54.8 Å². The number of carbonyl (C=O) groups excluding carboxylic acids is 2. The number of benzene rings is 1. The third-order valence-electron chi connectivity index (χ3n) is 5.32. The third-order valence-corrected chi connectivity index (χ3v) is 6.30. The zero-order valence-electron chi connectivity index (χ0n) is 18.4. The van der Waals surface area contributed by atoms with Crippen molar-refractivity contribution < 1.29 is 28.2 Å². The highest BCUT2D eigenvalue weighted by Crippen LogP contribution is 2.26. The number of fused-ring (bicyclic) bond motifs is 1.